The van der Waals surface area contributed by atoms with Crippen molar-refractivity contribution < 1.29 is 19.1 Å². The number of thioether (sulfide) groups is 1. The molecule has 2 aromatic carbocycles. The van der Waals surface area contributed by atoms with E-state index in [9.17, 15) is 9.59 Å². The van der Waals surface area contributed by atoms with Crippen LogP contribution in [0.5, 0.6) is 5.75 Å². The molecule has 1 amide bonds. The van der Waals surface area contributed by atoms with Gasteiger partial charge in [0.15, 0.2) is 0 Å². The van der Waals surface area contributed by atoms with Crippen molar-refractivity contribution in [3.05, 3.63) is 59.2 Å². The lowest BCUT2D eigenvalue weighted by Crippen LogP contribution is -2.15. The number of rotatable bonds is 8. The summed E-state index contributed by atoms with van der Waals surface area (Å²) in [5.74, 6) is 1.30. The van der Waals surface area contributed by atoms with Gasteiger partial charge in [0.05, 0.1) is 25.0 Å². The molecule has 0 bridgehead atoms. The number of hydrogen-bond donors (Lipinski definition) is 1. The Labute approximate surface area is 158 Å². The standard InChI is InChI=1S/C20H23NO4S/c1-4-25-18-8-6-5-7-16(18)12-26-13-19(22)21-17-11-15(20(23)24-3)10-9-14(17)2/h5-11H,4,12-13H2,1-3H3,(H,21,22). The van der Waals surface area contributed by atoms with Gasteiger partial charge in [-0.25, -0.2) is 4.79 Å². The fourth-order valence-electron chi connectivity index (χ4n) is 2.36. The number of ether oxygens (including phenoxy) is 2. The van der Waals surface area contributed by atoms with Crippen molar-refractivity contribution in [3.63, 3.8) is 0 Å². The summed E-state index contributed by atoms with van der Waals surface area (Å²) in [5.41, 5.74) is 2.98. The number of methoxy groups -OCH3 is 1. The lowest BCUT2D eigenvalue weighted by molar-refractivity contribution is -0.113. The van der Waals surface area contributed by atoms with Crippen molar-refractivity contribution in [2.75, 3.05) is 24.8 Å². The Balaban J connectivity index is 1.92. The Morgan fingerprint density at radius 3 is 2.65 bits per heavy atom. The Morgan fingerprint density at radius 1 is 1.15 bits per heavy atom. The molecule has 1 N–H and O–H groups in total. The first kappa shape index (κ1) is 19.8. The first-order chi connectivity index (χ1) is 12.5. The van der Waals surface area contributed by atoms with Crippen LogP contribution in [0.3, 0.4) is 0 Å². The summed E-state index contributed by atoms with van der Waals surface area (Å²) in [7, 11) is 1.33. The lowest BCUT2D eigenvalue weighted by atomic mass is 10.1. The summed E-state index contributed by atoms with van der Waals surface area (Å²) >= 11 is 1.51. The molecule has 5 nitrogen and oxygen atoms in total. The fourth-order valence-corrected chi connectivity index (χ4v) is 3.18. The van der Waals surface area contributed by atoms with E-state index in [1.165, 1.54) is 18.9 Å². The van der Waals surface area contributed by atoms with Crippen LogP contribution in [0.1, 0.15) is 28.4 Å². The Bertz CT molecular complexity index is 776. The van der Waals surface area contributed by atoms with E-state index in [0.29, 0.717) is 29.4 Å². The average molecular weight is 373 g/mol. The molecule has 0 spiro atoms. The van der Waals surface area contributed by atoms with Gasteiger partial charge in [-0.05, 0) is 37.6 Å². The fraction of sp³-hybridized carbons (Fsp3) is 0.300. The topological polar surface area (TPSA) is 64.6 Å². The number of amides is 1. The molecule has 0 unspecified atom stereocenters. The largest absolute Gasteiger partial charge is 0.494 e. The maximum absolute atomic E-state index is 12.2. The maximum Gasteiger partial charge on any atom is 0.337 e. The Morgan fingerprint density at radius 2 is 1.92 bits per heavy atom. The van der Waals surface area contributed by atoms with E-state index in [-0.39, 0.29) is 5.91 Å². The molecule has 6 heteroatoms. The lowest BCUT2D eigenvalue weighted by Gasteiger charge is -2.11. The van der Waals surface area contributed by atoms with Gasteiger partial charge in [-0.1, -0.05) is 24.3 Å². The molecule has 0 radical (unpaired) electrons. The van der Waals surface area contributed by atoms with Gasteiger partial charge in [-0.2, -0.15) is 0 Å². The average Bonchev–Trinajstić information content (AvgIpc) is 2.64. The molecule has 0 fully saturated rings. The predicted octanol–water partition coefficient (Wildman–Crippen LogP) is 4.05. The number of nitrogens with one attached hydrogen (secondary N) is 1. The quantitative estimate of drug-likeness (QED) is 0.707. The third-order valence-electron chi connectivity index (χ3n) is 3.70. The minimum absolute atomic E-state index is 0.117. The van der Waals surface area contributed by atoms with Crippen molar-refractivity contribution in [2.24, 2.45) is 0 Å². The smallest absolute Gasteiger partial charge is 0.337 e. The number of para-hydroxylation sites is 1. The van der Waals surface area contributed by atoms with E-state index >= 15 is 0 Å². The summed E-state index contributed by atoms with van der Waals surface area (Å²) < 4.78 is 10.3. The van der Waals surface area contributed by atoms with Gasteiger partial charge in [-0.3, -0.25) is 4.79 Å². The van der Waals surface area contributed by atoms with Crippen molar-refractivity contribution in [1.82, 2.24) is 0 Å². The minimum Gasteiger partial charge on any atom is -0.494 e. The monoisotopic (exact) mass is 373 g/mol. The van der Waals surface area contributed by atoms with Crippen LogP contribution in [0.15, 0.2) is 42.5 Å². The molecule has 2 rings (SSSR count). The van der Waals surface area contributed by atoms with Crippen molar-refractivity contribution in [3.8, 4) is 5.75 Å². The van der Waals surface area contributed by atoms with E-state index in [1.54, 1.807) is 18.2 Å². The molecule has 0 heterocycles. The maximum atomic E-state index is 12.2. The zero-order chi connectivity index (χ0) is 18.9. The number of carbonyl (C=O) groups is 2. The molecule has 0 atom stereocenters. The SMILES string of the molecule is CCOc1ccccc1CSCC(=O)Nc1cc(C(=O)OC)ccc1C. The zero-order valence-corrected chi connectivity index (χ0v) is 16.0. The molecular weight excluding hydrogens is 350 g/mol. The van der Waals surface area contributed by atoms with E-state index in [0.717, 1.165) is 16.9 Å². The van der Waals surface area contributed by atoms with E-state index in [2.05, 4.69) is 5.32 Å². The Kier molecular flexibility index (Phi) is 7.53. The highest BCUT2D eigenvalue weighted by Crippen LogP contribution is 2.23. The molecule has 0 aromatic heterocycles. The van der Waals surface area contributed by atoms with Crippen LogP contribution in [0.2, 0.25) is 0 Å². The van der Waals surface area contributed by atoms with Crippen molar-refractivity contribution >= 4 is 29.3 Å². The van der Waals surface area contributed by atoms with Crippen LogP contribution >= 0.6 is 11.8 Å². The number of benzene rings is 2. The molecular formula is C20H23NO4S. The summed E-state index contributed by atoms with van der Waals surface area (Å²) in [6, 6.07) is 12.9. The second-order valence-corrected chi connectivity index (χ2v) is 6.59. The van der Waals surface area contributed by atoms with Crippen LogP contribution in [0, 0.1) is 6.92 Å². The van der Waals surface area contributed by atoms with E-state index in [1.807, 2.05) is 38.1 Å². The summed E-state index contributed by atoms with van der Waals surface area (Å²) in [5, 5.41) is 2.86. The number of aryl methyl sites for hydroxylation is 1. The molecule has 2 aromatic rings. The van der Waals surface area contributed by atoms with Gasteiger partial charge in [0, 0.05) is 17.0 Å². The Hall–Kier alpha value is -2.47. The molecule has 0 saturated carbocycles. The second-order valence-electron chi connectivity index (χ2n) is 5.60. The van der Waals surface area contributed by atoms with Crippen LogP contribution in [0.4, 0.5) is 5.69 Å². The van der Waals surface area contributed by atoms with E-state index in [4.69, 9.17) is 9.47 Å². The highest BCUT2D eigenvalue weighted by molar-refractivity contribution is 7.99. The molecule has 0 saturated heterocycles. The molecule has 0 aliphatic rings. The molecule has 26 heavy (non-hydrogen) atoms. The molecule has 0 aliphatic carbocycles. The third kappa shape index (κ3) is 5.52. The van der Waals surface area contributed by atoms with Crippen LogP contribution < -0.4 is 10.1 Å². The van der Waals surface area contributed by atoms with Gasteiger partial charge in [-0.15, -0.1) is 11.8 Å². The van der Waals surface area contributed by atoms with Crippen LogP contribution in [0.25, 0.3) is 0 Å². The van der Waals surface area contributed by atoms with Crippen molar-refractivity contribution in [2.45, 2.75) is 19.6 Å². The third-order valence-corrected chi connectivity index (χ3v) is 4.68. The first-order valence-corrected chi connectivity index (χ1v) is 9.48. The summed E-state index contributed by atoms with van der Waals surface area (Å²) in [4.78, 5) is 23.9. The van der Waals surface area contributed by atoms with Crippen LogP contribution in [-0.2, 0) is 15.3 Å². The van der Waals surface area contributed by atoms with Gasteiger partial charge < -0.3 is 14.8 Å². The zero-order valence-electron chi connectivity index (χ0n) is 15.2. The first-order valence-electron chi connectivity index (χ1n) is 8.32. The van der Waals surface area contributed by atoms with E-state index < -0.39 is 5.97 Å². The second kappa shape index (κ2) is 9.87. The highest BCUT2D eigenvalue weighted by atomic mass is 32.2. The van der Waals surface area contributed by atoms with Gasteiger partial charge >= 0.3 is 5.97 Å². The number of anilines is 1. The highest BCUT2D eigenvalue weighted by Gasteiger charge is 2.11. The summed E-state index contributed by atoms with van der Waals surface area (Å²) in [6.45, 7) is 4.43. The van der Waals surface area contributed by atoms with Gasteiger partial charge in [0.25, 0.3) is 0 Å². The molecule has 0 aliphatic heterocycles. The number of carbonyl (C=O) groups excluding carboxylic acids is 2. The van der Waals surface area contributed by atoms with Gasteiger partial charge in [0.2, 0.25) is 5.91 Å². The van der Waals surface area contributed by atoms with Crippen LogP contribution in [-0.4, -0.2) is 31.3 Å². The minimum atomic E-state index is -0.428. The van der Waals surface area contributed by atoms with Crippen molar-refractivity contribution in [1.29, 1.82) is 0 Å². The summed E-state index contributed by atoms with van der Waals surface area (Å²) in [6.07, 6.45) is 0. The number of esters is 1. The van der Waals surface area contributed by atoms with Gasteiger partial charge in [0.1, 0.15) is 5.75 Å². The number of hydrogen-bond acceptors (Lipinski definition) is 5. The molecule has 138 valence electrons. The normalized spacial score (nSPS) is 10.3. The predicted molar refractivity (Wildman–Crippen MR) is 105 cm³/mol.